The Labute approximate surface area is 218 Å². The molecule has 1 aromatic carbocycles. The van der Waals surface area contributed by atoms with Crippen molar-refractivity contribution >= 4 is 33.0 Å². The van der Waals surface area contributed by atoms with E-state index in [-0.39, 0.29) is 17.6 Å². The van der Waals surface area contributed by atoms with Crippen molar-refractivity contribution in [3.05, 3.63) is 60.3 Å². The molecule has 0 N–H and O–H groups in total. The molecule has 1 amide bonds. The first-order valence-corrected chi connectivity index (χ1v) is 13.8. The van der Waals surface area contributed by atoms with Crippen LogP contribution in [0.15, 0.2) is 54.8 Å². The zero-order valence-corrected chi connectivity index (χ0v) is 22.8. The molecule has 4 rings (SSSR count). The zero-order chi connectivity index (χ0) is 27.0. The van der Waals surface area contributed by atoms with E-state index in [2.05, 4.69) is 4.90 Å². The number of rotatable bonds is 5. The van der Waals surface area contributed by atoms with Gasteiger partial charge >= 0.3 is 12.1 Å². The molecule has 1 fully saturated rings. The van der Waals surface area contributed by atoms with E-state index >= 15 is 0 Å². The van der Waals surface area contributed by atoms with E-state index in [1.54, 1.807) is 48.2 Å². The summed E-state index contributed by atoms with van der Waals surface area (Å²) in [5.74, 6) is -0.848. The number of ether oxygens (including phenoxy) is 2. The summed E-state index contributed by atoms with van der Waals surface area (Å²) in [6.45, 7) is 10.1. The molecular weight excluding hydrogens is 494 g/mol. The van der Waals surface area contributed by atoms with Gasteiger partial charge in [-0.15, -0.1) is 0 Å². The molecule has 0 radical (unpaired) electrons. The molecule has 2 heterocycles. The number of fused-ring (bicyclic) bond motifs is 1. The van der Waals surface area contributed by atoms with Crippen molar-refractivity contribution in [1.82, 2.24) is 13.8 Å². The van der Waals surface area contributed by atoms with Crippen LogP contribution < -0.4 is 0 Å². The molecular formula is C27H35N3O6S. The fourth-order valence-electron chi connectivity index (χ4n) is 4.77. The fourth-order valence-corrected chi connectivity index (χ4v) is 6.61. The Morgan fingerprint density at radius 1 is 1.08 bits per heavy atom. The van der Waals surface area contributed by atoms with E-state index in [0.717, 1.165) is 0 Å². The maximum absolute atomic E-state index is 14.1. The van der Waals surface area contributed by atoms with Crippen molar-refractivity contribution in [1.29, 1.82) is 0 Å². The van der Waals surface area contributed by atoms with Gasteiger partial charge in [-0.2, -0.15) is 0 Å². The fraction of sp³-hybridized carbons (Fsp3) is 0.481. The number of hydrogen-bond donors (Lipinski definition) is 0. The molecule has 0 saturated carbocycles. The third-order valence-electron chi connectivity index (χ3n) is 6.99. The van der Waals surface area contributed by atoms with Crippen LogP contribution in [-0.2, 0) is 19.5 Å². The molecule has 10 heteroatoms. The molecule has 2 aromatic rings. The lowest BCUT2D eigenvalue weighted by molar-refractivity contribution is 0.0135. The van der Waals surface area contributed by atoms with Crippen LogP contribution in [0, 0.1) is 5.92 Å². The quantitative estimate of drug-likeness (QED) is 0.545. The lowest BCUT2D eigenvalue weighted by Gasteiger charge is -2.41. The highest BCUT2D eigenvalue weighted by Crippen LogP contribution is 2.36. The Balaban J connectivity index is 1.55. The molecule has 0 spiro atoms. The van der Waals surface area contributed by atoms with Crippen LogP contribution in [-0.4, -0.2) is 84.4 Å². The number of methoxy groups -OCH3 is 1. The number of esters is 1. The summed E-state index contributed by atoms with van der Waals surface area (Å²) in [7, 11) is -2.63. The number of amides is 1. The van der Waals surface area contributed by atoms with E-state index in [1.165, 1.54) is 17.3 Å². The van der Waals surface area contributed by atoms with E-state index in [9.17, 15) is 18.0 Å². The first-order chi connectivity index (χ1) is 17.4. The van der Waals surface area contributed by atoms with Crippen molar-refractivity contribution < 1.29 is 27.5 Å². The smallest absolute Gasteiger partial charge is 0.410 e. The number of piperazine rings is 1. The minimum absolute atomic E-state index is 0.286. The Hall–Kier alpha value is -3.11. The minimum Gasteiger partial charge on any atom is -0.465 e. The first kappa shape index (κ1) is 26.9. The first-order valence-electron chi connectivity index (χ1n) is 12.4. The average molecular weight is 530 g/mol. The van der Waals surface area contributed by atoms with Crippen LogP contribution in [0.2, 0.25) is 0 Å². The third kappa shape index (κ3) is 5.31. The topological polar surface area (TPSA) is 98.1 Å². The van der Waals surface area contributed by atoms with Crippen molar-refractivity contribution in [2.45, 2.75) is 38.0 Å². The average Bonchev–Trinajstić information content (AvgIpc) is 3.28. The summed E-state index contributed by atoms with van der Waals surface area (Å²) >= 11 is 0. The normalized spacial score (nSPS) is 22.8. The van der Waals surface area contributed by atoms with Gasteiger partial charge in [0.25, 0.3) is 0 Å². The molecule has 1 aliphatic carbocycles. The van der Waals surface area contributed by atoms with Crippen LogP contribution in [0.25, 0.3) is 10.9 Å². The van der Waals surface area contributed by atoms with Gasteiger partial charge in [-0.05, 0) is 45.9 Å². The highest BCUT2D eigenvalue weighted by molar-refractivity contribution is 7.91. The summed E-state index contributed by atoms with van der Waals surface area (Å²) in [5.41, 5.74) is 0.162. The predicted molar refractivity (Wildman–Crippen MR) is 142 cm³/mol. The molecule has 1 saturated heterocycles. The maximum Gasteiger partial charge on any atom is 0.410 e. The largest absolute Gasteiger partial charge is 0.465 e. The number of aromatic nitrogens is 1. The number of benzene rings is 1. The number of carbonyl (C=O) groups is 2. The van der Waals surface area contributed by atoms with E-state index in [1.807, 2.05) is 32.9 Å². The van der Waals surface area contributed by atoms with Crippen molar-refractivity contribution in [2.24, 2.45) is 5.92 Å². The van der Waals surface area contributed by atoms with Crippen molar-refractivity contribution in [3.8, 4) is 0 Å². The minimum atomic E-state index is -3.92. The number of hydrogen-bond acceptors (Lipinski definition) is 7. The summed E-state index contributed by atoms with van der Waals surface area (Å²) in [6, 6.07) is 6.62. The van der Waals surface area contributed by atoms with Gasteiger partial charge in [0, 0.05) is 50.2 Å². The molecule has 2 atom stereocenters. The molecule has 1 aromatic heterocycles. The Morgan fingerprint density at radius 3 is 2.43 bits per heavy atom. The van der Waals surface area contributed by atoms with E-state index in [0.29, 0.717) is 43.6 Å². The zero-order valence-electron chi connectivity index (χ0n) is 22.0. The Kier molecular flexibility index (Phi) is 7.27. The number of allylic oxidation sites excluding steroid dienone is 2. The van der Waals surface area contributed by atoms with Crippen LogP contribution >= 0.6 is 0 Å². The molecule has 2 unspecified atom stereocenters. The second kappa shape index (κ2) is 9.98. The summed E-state index contributed by atoms with van der Waals surface area (Å²) in [6.07, 6.45) is 8.52. The second-order valence-corrected chi connectivity index (χ2v) is 12.9. The standard InChI is InChI=1S/C27H35N3O6S/c1-26(2,3)36-25(32)29-16-14-28(15-17-29)19-22-8-6-7-12-27(22,4)37(33,34)30-13-11-20-9-10-21(18-23(20)30)24(31)35-5/h6-13,18,22H,14-17,19H2,1-5H3. The lowest BCUT2D eigenvalue weighted by atomic mass is 9.88. The molecule has 200 valence electrons. The van der Waals surface area contributed by atoms with Crippen LogP contribution in [0.5, 0.6) is 0 Å². The van der Waals surface area contributed by atoms with E-state index < -0.39 is 26.3 Å². The van der Waals surface area contributed by atoms with Crippen molar-refractivity contribution in [3.63, 3.8) is 0 Å². The van der Waals surface area contributed by atoms with Gasteiger partial charge in [-0.1, -0.05) is 30.4 Å². The predicted octanol–water partition coefficient (Wildman–Crippen LogP) is 3.66. The Morgan fingerprint density at radius 2 is 1.78 bits per heavy atom. The number of carbonyl (C=O) groups excluding carboxylic acids is 2. The van der Waals surface area contributed by atoms with Crippen LogP contribution in [0.1, 0.15) is 38.1 Å². The summed E-state index contributed by atoms with van der Waals surface area (Å²) < 4.78 is 38.6. The third-order valence-corrected chi connectivity index (χ3v) is 9.38. The molecule has 0 bridgehead atoms. The van der Waals surface area contributed by atoms with Gasteiger partial charge in [0.05, 0.1) is 18.2 Å². The number of nitrogens with zero attached hydrogens (tertiary/aromatic N) is 3. The summed E-state index contributed by atoms with van der Waals surface area (Å²) in [4.78, 5) is 28.4. The second-order valence-electron chi connectivity index (χ2n) is 10.7. The molecule has 9 nitrogen and oxygen atoms in total. The van der Waals surface area contributed by atoms with Gasteiger partial charge < -0.3 is 14.4 Å². The highest BCUT2D eigenvalue weighted by Gasteiger charge is 2.46. The van der Waals surface area contributed by atoms with Crippen molar-refractivity contribution in [2.75, 3.05) is 39.8 Å². The van der Waals surface area contributed by atoms with E-state index in [4.69, 9.17) is 9.47 Å². The Bertz CT molecular complexity index is 1350. The van der Waals surface area contributed by atoms with Gasteiger partial charge in [0.1, 0.15) is 10.3 Å². The lowest BCUT2D eigenvalue weighted by Crippen LogP contribution is -2.54. The monoisotopic (exact) mass is 529 g/mol. The van der Waals surface area contributed by atoms with Gasteiger partial charge in [-0.25, -0.2) is 22.0 Å². The van der Waals surface area contributed by atoms with Crippen LogP contribution in [0.4, 0.5) is 4.79 Å². The molecule has 37 heavy (non-hydrogen) atoms. The van der Waals surface area contributed by atoms with Gasteiger partial charge in [0.15, 0.2) is 0 Å². The SMILES string of the molecule is COC(=O)c1ccc2ccn(S(=O)(=O)C3(C)C=CC=CC3CN3CCN(C(=O)OC(C)(C)C)CC3)c2c1. The molecule has 2 aliphatic rings. The molecule has 1 aliphatic heterocycles. The highest BCUT2D eigenvalue weighted by atomic mass is 32.2. The van der Waals surface area contributed by atoms with Gasteiger partial charge in [-0.3, -0.25) is 4.90 Å². The maximum atomic E-state index is 14.1. The summed E-state index contributed by atoms with van der Waals surface area (Å²) in [5, 5.41) is 0.713. The van der Waals surface area contributed by atoms with Gasteiger partial charge in [0.2, 0.25) is 10.0 Å². The van der Waals surface area contributed by atoms with Crippen LogP contribution in [0.3, 0.4) is 0 Å².